The van der Waals surface area contributed by atoms with Gasteiger partial charge in [0.2, 0.25) is 21.7 Å². The van der Waals surface area contributed by atoms with Crippen molar-refractivity contribution in [3.63, 3.8) is 0 Å². The number of benzene rings is 1. The van der Waals surface area contributed by atoms with Crippen LogP contribution in [0.4, 0.5) is 0 Å². The number of hydrogen-bond acceptors (Lipinski definition) is 7. The number of nitrogens with one attached hydrogen (secondary N) is 1. The van der Waals surface area contributed by atoms with Crippen LogP contribution in [0.2, 0.25) is 0 Å². The molecule has 1 aromatic carbocycles. The minimum atomic E-state index is -3.24. The molecular weight excluding hydrogens is 356 g/mol. The van der Waals surface area contributed by atoms with E-state index in [0.29, 0.717) is 31.1 Å². The summed E-state index contributed by atoms with van der Waals surface area (Å²) in [7, 11) is 0.297. The molecule has 2 heterocycles. The van der Waals surface area contributed by atoms with E-state index in [2.05, 4.69) is 14.9 Å². The number of methoxy groups -OCH3 is 1. The first kappa shape index (κ1) is 18.8. The third kappa shape index (κ3) is 4.22. The lowest BCUT2D eigenvalue weighted by molar-refractivity contribution is 0.244. The third-order valence-corrected chi connectivity index (χ3v) is 6.08. The summed E-state index contributed by atoms with van der Waals surface area (Å²) in [6, 6.07) is 7.15. The second kappa shape index (κ2) is 7.73. The van der Waals surface area contributed by atoms with Gasteiger partial charge in [0.25, 0.3) is 0 Å². The van der Waals surface area contributed by atoms with Gasteiger partial charge in [-0.1, -0.05) is 12.1 Å². The molecule has 8 nitrogen and oxygen atoms in total. The van der Waals surface area contributed by atoms with Crippen LogP contribution in [-0.2, 0) is 10.0 Å². The highest BCUT2D eigenvalue weighted by molar-refractivity contribution is 7.89. The fourth-order valence-corrected chi connectivity index (χ4v) is 4.52. The molecule has 9 heteroatoms. The van der Waals surface area contributed by atoms with Crippen molar-refractivity contribution in [3.05, 3.63) is 30.2 Å². The Kier molecular flexibility index (Phi) is 5.59. The van der Waals surface area contributed by atoms with Crippen molar-refractivity contribution in [1.29, 1.82) is 0 Å². The van der Waals surface area contributed by atoms with Crippen molar-refractivity contribution in [1.82, 2.24) is 19.8 Å². The zero-order chi connectivity index (χ0) is 18.7. The average molecular weight is 380 g/mol. The van der Waals surface area contributed by atoms with Crippen molar-refractivity contribution < 1.29 is 17.7 Å². The van der Waals surface area contributed by atoms with Crippen LogP contribution in [0.3, 0.4) is 0 Å². The van der Waals surface area contributed by atoms with Gasteiger partial charge in [0.1, 0.15) is 5.75 Å². The lowest BCUT2D eigenvalue weighted by atomic mass is 10.2. The molecule has 2 aromatic rings. The van der Waals surface area contributed by atoms with Crippen LogP contribution >= 0.6 is 0 Å². The molecule has 0 amide bonds. The zero-order valence-electron chi connectivity index (χ0n) is 15.2. The van der Waals surface area contributed by atoms with Crippen LogP contribution in [-0.4, -0.2) is 56.0 Å². The Morgan fingerprint density at radius 1 is 1.35 bits per heavy atom. The number of nitrogens with zero attached hydrogens (tertiary/aromatic N) is 3. The Hall–Kier alpha value is -1.97. The van der Waals surface area contributed by atoms with Gasteiger partial charge >= 0.3 is 0 Å². The molecule has 2 unspecified atom stereocenters. The summed E-state index contributed by atoms with van der Waals surface area (Å²) in [5.41, 5.74) is 0.835. The largest absolute Gasteiger partial charge is 0.497 e. The SMILES string of the molecule is CCCS(=O)(=O)NC1CC(c2nc(-c3ccc(OC)cc3)no2)N(C)C1. The summed E-state index contributed by atoms with van der Waals surface area (Å²) in [5, 5.41) is 4.06. The van der Waals surface area contributed by atoms with Gasteiger partial charge in [-0.2, -0.15) is 4.98 Å². The predicted molar refractivity (Wildman–Crippen MR) is 97.3 cm³/mol. The molecule has 0 spiro atoms. The maximum absolute atomic E-state index is 12.0. The molecule has 0 radical (unpaired) electrons. The maximum atomic E-state index is 12.0. The van der Waals surface area contributed by atoms with Crippen LogP contribution in [0.1, 0.15) is 31.7 Å². The van der Waals surface area contributed by atoms with Crippen LogP contribution in [0.5, 0.6) is 5.75 Å². The predicted octanol–water partition coefficient (Wildman–Crippen LogP) is 1.82. The van der Waals surface area contributed by atoms with Crippen molar-refractivity contribution in [2.75, 3.05) is 26.5 Å². The molecule has 0 bridgehead atoms. The summed E-state index contributed by atoms with van der Waals surface area (Å²) >= 11 is 0. The van der Waals surface area contributed by atoms with Crippen molar-refractivity contribution >= 4 is 10.0 Å². The first-order chi connectivity index (χ1) is 12.4. The Morgan fingerprint density at radius 3 is 2.73 bits per heavy atom. The van der Waals surface area contributed by atoms with E-state index in [9.17, 15) is 8.42 Å². The molecule has 1 N–H and O–H groups in total. The van der Waals surface area contributed by atoms with Gasteiger partial charge in [0.05, 0.1) is 18.9 Å². The highest BCUT2D eigenvalue weighted by Gasteiger charge is 2.36. The van der Waals surface area contributed by atoms with Crippen molar-refractivity contribution in [3.8, 4) is 17.1 Å². The van der Waals surface area contributed by atoms with Crippen molar-refractivity contribution in [2.24, 2.45) is 0 Å². The van der Waals surface area contributed by atoms with Crippen LogP contribution in [0.25, 0.3) is 11.4 Å². The summed E-state index contributed by atoms with van der Waals surface area (Å²) in [4.78, 5) is 6.53. The Bertz CT molecular complexity index is 835. The fourth-order valence-electron chi connectivity index (χ4n) is 3.18. The molecule has 0 saturated carbocycles. The van der Waals surface area contributed by atoms with E-state index in [1.165, 1.54) is 0 Å². The number of hydrogen-bond donors (Lipinski definition) is 1. The number of sulfonamides is 1. The fraction of sp³-hybridized carbons (Fsp3) is 0.529. The number of likely N-dealkylation sites (tertiary alicyclic amines) is 1. The third-order valence-electron chi connectivity index (χ3n) is 4.44. The van der Waals surface area contributed by atoms with Gasteiger partial charge in [-0.25, -0.2) is 13.1 Å². The molecule has 1 fully saturated rings. The van der Waals surface area contributed by atoms with E-state index in [0.717, 1.165) is 11.3 Å². The van der Waals surface area contributed by atoms with E-state index >= 15 is 0 Å². The standard InChI is InChI=1S/C17H24N4O4S/c1-4-9-26(22,23)20-13-10-15(21(2)11-13)17-18-16(19-25-17)12-5-7-14(24-3)8-6-12/h5-8,13,15,20H,4,9-11H2,1-3H3. The van der Waals surface area contributed by atoms with Gasteiger partial charge in [0, 0.05) is 18.2 Å². The molecule has 142 valence electrons. The van der Waals surface area contributed by atoms with Crippen molar-refractivity contribution in [2.45, 2.75) is 31.8 Å². The normalized spacial score (nSPS) is 21.2. The van der Waals surface area contributed by atoms with E-state index in [-0.39, 0.29) is 17.8 Å². The first-order valence-electron chi connectivity index (χ1n) is 8.60. The van der Waals surface area contributed by atoms with E-state index in [1.54, 1.807) is 7.11 Å². The summed E-state index contributed by atoms with van der Waals surface area (Å²) in [5.74, 6) is 1.90. The topological polar surface area (TPSA) is 97.6 Å². The van der Waals surface area contributed by atoms with Gasteiger partial charge in [-0.15, -0.1) is 0 Å². The maximum Gasteiger partial charge on any atom is 0.244 e. The molecule has 0 aliphatic carbocycles. The highest BCUT2D eigenvalue weighted by atomic mass is 32.2. The van der Waals surface area contributed by atoms with Crippen LogP contribution in [0, 0.1) is 0 Å². The highest BCUT2D eigenvalue weighted by Crippen LogP contribution is 2.31. The minimum Gasteiger partial charge on any atom is -0.497 e. The zero-order valence-corrected chi connectivity index (χ0v) is 16.0. The molecular formula is C17H24N4O4S. The number of rotatable bonds is 7. The molecule has 2 atom stereocenters. The number of likely N-dealkylation sites (N-methyl/N-ethyl adjacent to an activating group) is 1. The summed E-state index contributed by atoms with van der Waals surface area (Å²) < 4.78 is 37.3. The Morgan fingerprint density at radius 2 is 2.08 bits per heavy atom. The second-order valence-electron chi connectivity index (χ2n) is 6.51. The smallest absolute Gasteiger partial charge is 0.244 e. The van der Waals surface area contributed by atoms with Crippen LogP contribution < -0.4 is 9.46 Å². The van der Waals surface area contributed by atoms with E-state index in [4.69, 9.17) is 9.26 Å². The van der Waals surface area contributed by atoms with E-state index in [1.807, 2.05) is 43.1 Å². The molecule has 1 aliphatic heterocycles. The average Bonchev–Trinajstić information content (AvgIpc) is 3.21. The Labute approximate surface area is 153 Å². The van der Waals surface area contributed by atoms with Gasteiger partial charge in [-0.3, -0.25) is 4.90 Å². The molecule has 1 aromatic heterocycles. The minimum absolute atomic E-state index is 0.108. The lowest BCUT2D eigenvalue weighted by Crippen LogP contribution is -2.37. The quantitative estimate of drug-likeness (QED) is 0.782. The number of ether oxygens (including phenoxy) is 1. The molecule has 1 saturated heterocycles. The summed E-state index contributed by atoms with van der Waals surface area (Å²) in [6.45, 7) is 2.45. The van der Waals surface area contributed by atoms with Crippen LogP contribution in [0.15, 0.2) is 28.8 Å². The summed E-state index contributed by atoms with van der Waals surface area (Å²) in [6.07, 6.45) is 1.19. The molecule has 3 rings (SSSR count). The first-order valence-corrected chi connectivity index (χ1v) is 10.3. The Balaban J connectivity index is 1.70. The number of aromatic nitrogens is 2. The second-order valence-corrected chi connectivity index (χ2v) is 8.38. The van der Waals surface area contributed by atoms with Gasteiger partial charge in [-0.05, 0) is 44.2 Å². The molecule has 26 heavy (non-hydrogen) atoms. The lowest BCUT2D eigenvalue weighted by Gasteiger charge is -2.14. The molecule has 1 aliphatic rings. The van der Waals surface area contributed by atoms with Gasteiger partial charge < -0.3 is 9.26 Å². The van der Waals surface area contributed by atoms with Gasteiger partial charge in [0.15, 0.2) is 0 Å². The van der Waals surface area contributed by atoms with E-state index < -0.39 is 10.0 Å². The monoisotopic (exact) mass is 380 g/mol.